The lowest BCUT2D eigenvalue weighted by Gasteiger charge is -2.35. The first-order valence-electron chi connectivity index (χ1n) is 9.10. The summed E-state index contributed by atoms with van der Waals surface area (Å²) in [6.07, 6.45) is 1.89. The molecule has 1 fully saturated rings. The van der Waals surface area contributed by atoms with Gasteiger partial charge in [0.15, 0.2) is 0 Å². The minimum Gasteiger partial charge on any atom is -0.491 e. The molecule has 0 aliphatic carbocycles. The van der Waals surface area contributed by atoms with Gasteiger partial charge in [0, 0.05) is 32.7 Å². The van der Waals surface area contributed by atoms with Gasteiger partial charge >= 0.3 is 0 Å². The zero-order valence-corrected chi connectivity index (χ0v) is 16.1. The van der Waals surface area contributed by atoms with E-state index in [9.17, 15) is 0 Å². The van der Waals surface area contributed by atoms with Gasteiger partial charge in [0.1, 0.15) is 22.7 Å². The minimum absolute atomic E-state index is 0.204. The number of ether oxygens (including phenoxy) is 1. The molecule has 1 aromatic carbocycles. The third kappa shape index (κ3) is 3.81. The van der Waals surface area contributed by atoms with E-state index in [0.717, 1.165) is 49.1 Å². The van der Waals surface area contributed by atoms with Gasteiger partial charge in [-0.25, -0.2) is 9.97 Å². The Hall–Kier alpha value is -2.18. The van der Waals surface area contributed by atoms with E-state index in [4.69, 9.17) is 4.74 Å². The molecule has 0 saturated carbocycles. The van der Waals surface area contributed by atoms with E-state index in [1.54, 1.807) is 17.7 Å². The van der Waals surface area contributed by atoms with Crippen molar-refractivity contribution >= 4 is 27.4 Å². The number of hydrogen-bond donors (Lipinski definition) is 0. The number of nitrogens with zero attached hydrogens (tertiary/aromatic N) is 4. The summed E-state index contributed by atoms with van der Waals surface area (Å²) in [5, 5.41) is 3.26. The molecule has 2 aromatic heterocycles. The van der Waals surface area contributed by atoms with Crippen molar-refractivity contribution in [1.82, 2.24) is 14.9 Å². The molecule has 6 heteroatoms. The van der Waals surface area contributed by atoms with Crippen LogP contribution in [0.4, 0.5) is 5.82 Å². The molecular formula is C20H24N4OS. The average molecular weight is 369 g/mol. The first-order valence-corrected chi connectivity index (χ1v) is 9.98. The Morgan fingerprint density at radius 1 is 1.12 bits per heavy atom. The predicted molar refractivity (Wildman–Crippen MR) is 107 cm³/mol. The maximum Gasteiger partial charge on any atom is 0.140 e. The largest absolute Gasteiger partial charge is 0.491 e. The average Bonchev–Trinajstić information content (AvgIpc) is 3.11. The number of hydrogen-bond acceptors (Lipinski definition) is 6. The highest BCUT2D eigenvalue weighted by Gasteiger charge is 2.20. The number of fused-ring (bicyclic) bond motifs is 1. The number of aromatic nitrogens is 2. The second kappa shape index (κ2) is 7.60. The lowest BCUT2D eigenvalue weighted by molar-refractivity contribution is 0.238. The van der Waals surface area contributed by atoms with Crippen LogP contribution in [0.5, 0.6) is 5.75 Å². The summed E-state index contributed by atoms with van der Waals surface area (Å²) in [6, 6.07) is 10.6. The molecule has 3 heterocycles. The highest BCUT2D eigenvalue weighted by atomic mass is 32.1. The summed E-state index contributed by atoms with van der Waals surface area (Å²) in [6.45, 7) is 9.12. The van der Waals surface area contributed by atoms with Gasteiger partial charge in [0.2, 0.25) is 0 Å². The molecule has 5 nitrogen and oxygen atoms in total. The zero-order chi connectivity index (χ0) is 17.9. The van der Waals surface area contributed by atoms with E-state index in [1.807, 2.05) is 6.07 Å². The van der Waals surface area contributed by atoms with Gasteiger partial charge in [0.05, 0.1) is 11.5 Å². The Bertz CT molecular complexity index is 871. The topological polar surface area (TPSA) is 41.5 Å². The van der Waals surface area contributed by atoms with Crippen molar-refractivity contribution in [2.24, 2.45) is 0 Å². The molecule has 4 rings (SSSR count). The number of thiophene rings is 1. The molecule has 0 unspecified atom stereocenters. The Morgan fingerprint density at radius 3 is 2.77 bits per heavy atom. The molecular weight excluding hydrogens is 344 g/mol. The van der Waals surface area contributed by atoms with Crippen LogP contribution in [-0.2, 0) is 6.54 Å². The minimum atomic E-state index is 0.204. The fraction of sp³-hybridized carbons (Fsp3) is 0.400. The van der Waals surface area contributed by atoms with Crippen molar-refractivity contribution in [2.45, 2.75) is 26.5 Å². The third-order valence-electron chi connectivity index (χ3n) is 4.59. The Labute approximate surface area is 158 Å². The second-order valence-electron chi connectivity index (χ2n) is 6.91. The molecule has 0 bridgehead atoms. The highest BCUT2D eigenvalue weighted by Crippen LogP contribution is 2.27. The molecule has 0 radical (unpaired) electrons. The van der Waals surface area contributed by atoms with Crippen LogP contribution < -0.4 is 9.64 Å². The zero-order valence-electron chi connectivity index (χ0n) is 15.3. The summed E-state index contributed by atoms with van der Waals surface area (Å²) in [4.78, 5) is 14.8. The summed E-state index contributed by atoms with van der Waals surface area (Å²) in [7, 11) is 0. The fourth-order valence-electron chi connectivity index (χ4n) is 3.39. The van der Waals surface area contributed by atoms with Gasteiger partial charge in [0.25, 0.3) is 0 Å². The summed E-state index contributed by atoms with van der Waals surface area (Å²) in [5.41, 5.74) is 1.30. The van der Waals surface area contributed by atoms with Crippen LogP contribution in [-0.4, -0.2) is 47.2 Å². The van der Waals surface area contributed by atoms with Crippen molar-refractivity contribution in [3.8, 4) is 5.75 Å². The number of benzene rings is 1. The van der Waals surface area contributed by atoms with Crippen LogP contribution in [0.15, 0.2) is 42.0 Å². The molecule has 3 aromatic rings. The SMILES string of the molecule is CC(C)Oc1cccc(CN2CCN(c3ncnc4sccc34)CC2)c1. The molecule has 0 N–H and O–H groups in total. The van der Waals surface area contributed by atoms with E-state index in [1.165, 1.54) is 10.9 Å². The molecule has 1 aliphatic rings. The van der Waals surface area contributed by atoms with Crippen molar-refractivity contribution in [3.63, 3.8) is 0 Å². The van der Waals surface area contributed by atoms with Crippen molar-refractivity contribution < 1.29 is 4.74 Å². The van der Waals surface area contributed by atoms with E-state index in [0.29, 0.717) is 0 Å². The standard InChI is InChI=1S/C20H24N4OS/c1-15(2)25-17-5-3-4-16(12-17)13-23-7-9-24(10-8-23)19-18-6-11-26-20(18)22-14-21-19/h3-6,11-12,14-15H,7-10,13H2,1-2H3. The van der Waals surface area contributed by atoms with E-state index in [-0.39, 0.29) is 6.10 Å². The van der Waals surface area contributed by atoms with Crippen LogP contribution in [0.2, 0.25) is 0 Å². The van der Waals surface area contributed by atoms with Crippen LogP contribution in [0.1, 0.15) is 19.4 Å². The van der Waals surface area contributed by atoms with E-state index >= 15 is 0 Å². The van der Waals surface area contributed by atoms with Crippen LogP contribution >= 0.6 is 11.3 Å². The quantitative estimate of drug-likeness (QED) is 0.685. The van der Waals surface area contributed by atoms with Crippen molar-refractivity contribution in [3.05, 3.63) is 47.6 Å². The van der Waals surface area contributed by atoms with E-state index < -0.39 is 0 Å². The van der Waals surface area contributed by atoms with Gasteiger partial charge in [-0.05, 0) is 43.0 Å². The molecule has 1 saturated heterocycles. The third-order valence-corrected chi connectivity index (χ3v) is 5.41. The summed E-state index contributed by atoms with van der Waals surface area (Å²) in [5.74, 6) is 2.03. The van der Waals surface area contributed by atoms with Gasteiger partial charge in [-0.2, -0.15) is 0 Å². The van der Waals surface area contributed by atoms with Crippen molar-refractivity contribution in [1.29, 1.82) is 0 Å². The maximum absolute atomic E-state index is 5.81. The molecule has 1 aliphatic heterocycles. The Morgan fingerprint density at radius 2 is 1.96 bits per heavy atom. The van der Waals surface area contributed by atoms with Crippen LogP contribution in [0.25, 0.3) is 10.2 Å². The van der Waals surface area contributed by atoms with Gasteiger partial charge < -0.3 is 9.64 Å². The van der Waals surface area contributed by atoms with Gasteiger partial charge in [-0.1, -0.05) is 12.1 Å². The first-order chi connectivity index (χ1) is 12.7. The maximum atomic E-state index is 5.81. The monoisotopic (exact) mass is 368 g/mol. The normalized spacial score (nSPS) is 15.7. The molecule has 0 spiro atoms. The summed E-state index contributed by atoms with van der Waals surface area (Å²) >= 11 is 1.67. The molecule has 0 atom stereocenters. The van der Waals surface area contributed by atoms with Crippen molar-refractivity contribution in [2.75, 3.05) is 31.1 Å². The number of rotatable bonds is 5. The molecule has 136 valence electrons. The highest BCUT2D eigenvalue weighted by molar-refractivity contribution is 7.16. The van der Waals surface area contributed by atoms with Crippen LogP contribution in [0.3, 0.4) is 0 Å². The fourth-order valence-corrected chi connectivity index (χ4v) is 4.12. The molecule has 26 heavy (non-hydrogen) atoms. The number of piperazine rings is 1. The van der Waals surface area contributed by atoms with Gasteiger partial charge in [-0.3, -0.25) is 4.90 Å². The summed E-state index contributed by atoms with van der Waals surface area (Å²) < 4.78 is 5.81. The van der Waals surface area contributed by atoms with Gasteiger partial charge in [-0.15, -0.1) is 11.3 Å². The van der Waals surface area contributed by atoms with Crippen LogP contribution in [0, 0.1) is 0 Å². The second-order valence-corrected chi connectivity index (χ2v) is 7.81. The lowest BCUT2D eigenvalue weighted by atomic mass is 10.2. The Kier molecular flexibility index (Phi) is 5.04. The first kappa shape index (κ1) is 17.2. The Balaban J connectivity index is 1.39. The molecule has 0 amide bonds. The predicted octanol–water partition coefficient (Wildman–Crippen LogP) is 3.80. The smallest absolute Gasteiger partial charge is 0.140 e. The lowest BCUT2D eigenvalue weighted by Crippen LogP contribution is -2.46. The van der Waals surface area contributed by atoms with E-state index in [2.05, 4.69) is 63.3 Å². The number of anilines is 1.